The normalized spacial score (nSPS) is 18.1. The Morgan fingerprint density at radius 3 is 2.65 bits per heavy atom. The van der Waals surface area contributed by atoms with Crippen molar-refractivity contribution in [3.63, 3.8) is 0 Å². The van der Waals surface area contributed by atoms with Gasteiger partial charge < -0.3 is 15.3 Å². The maximum Gasteiger partial charge on any atom is 0.310 e. The van der Waals surface area contributed by atoms with Gasteiger partial charge in [-0.15, -0.1) is 0 Å². The first-order chi connectivity index (χ1) is 10.7. The molecule has 1 saturated heterocycles. The molecule has 1 aliphatic heterocycles. The summed E-state index contributed by atoms with van der Waals surface area (Å²) >= 11 is 6.09. The lowest BCUT2D eigenvalue weighted by atomic mass is 9.93. The fourth-order valence-electron chi connectivity index (χ4n) is 2.31. The molecular formula is C16H19ClN2O4. The van der Waals surface area contributed by atoms with Gasteiger partial charge in [0.1, 0.15) is 0 Å². The van der Waals surface area contributed by atoms with Gasteiger partial charge in [0.25, 0.3) is 0 Å². The van der Waals surface area contributed by atoms with E-state index in [1.807, 2.05) is 0 Å². The summed E-state index contributed by atoms with van der Waals surface area (Å²) in [6.07, 6.45) is 0.0879. The molecule has 2 rings (SSSR count). The third kappa shape index (κ3) is 3.82. The van der Waals surface area contributed by atoms with Crippen molar-refractivity contribution in [2.24, 2.45) is 11.3 Å². The number of hydrogen-bond donors (Lipinski definition) is 2. The molecule has 0 saturated carbocycles. The van der Waals surface area contributed by atoms with Crippen LogP contribution in [0.3, 0.4) is 0 Å². The molecule has 1 aromatic rings. The van der Waals surface area contributed by atoms with E-state index in [4.69, 9.17) is 16.7 Å². The van der Waals surface area contributed by atoms with Crippen molar-refractivity contribution in [3.05, 3.63) is 29.3 Å². The van der Waals surface area contributed by atoms with E-state index < -0.39 is 17.3 Å². The van der Waals surface area contributed by atoms with Crippen molar-refractivity contribution in [1.29, 1.82) is 0 Å². The van der Waals surface area contributed by atoms with Crippen LogP contribution in [0.1, 0.15) is 20.3 Å². The molecule has 0 radical (unpaired) electrons. The molecule has 6 nitrogen and oxygen atoms in total. The van der Waals surface area contributed by atoms with Crippen LogP contribution in [0.25, 0.3) is 0 Å². The molecule has 1 atom stereocenters. The molecule has 1 unspecified atom stereocenters. The number of carbonyl (C=O) groups is 3. The topological polar surface area (TPSA) is 86.7 Å². The quantitative estimate of drug-likeness (QED) is 0.858. The van der Waals surface area contributed by atoms with Crippen LogP contribution < -0.4 is 10.2 Å². The Kier molecular flexibility index (Phi) is 4.94. The number of para-hydroxylation sites is 1. The standard InChI is InChI=1S/C16H19ClN2O4/c1-16(2,15(22)23)9-18-14(21)10-7-13(20)19(8-10)12-6-4-3-5-11(12)17/h3-6,10H,7-9H2,1-2H3,(H,18,21)(H,22,23). The molecule has 2 amide bonds. The number of hydrogen-bond acceptors (Lipinski definition) is 3. The van der Waals surface area contributed by atoms with E-state index in [1.165, 1.54) is 18.7 Å². The predicted octanol–water partition coefficient (Wildman–Crippen LogP) is 1.92. The number of anilines is 1. The van der Waals surface area contributed by atoms with E-state index in [0.29, 0.717) is 10.7 Å². The van der Waals surface area contributed by atoms with Gasteiger partial charge in [-0.2, -0.15) is 0 Å². The molecule has 1 aromatic carbocycles. The van der Waals surface area contributed by atoms with Crippen LogP contribution in [-0.2, 0) is 14.4 Å². The molecule has 0 aliphatic carbocycles. The van der Waals surface area contributed by atoms with Crippen LogP contribution >= 0.6 is 11.6 Å². The van der Waals surface area contributed by atoms with Crippen molar-refractivity contribution >= 4 is 35.1 Å². The van der Waals surface area contributed by atoms with Crippen molar-refractivity contribution < 1.29 is 19.5 Å². The minimum atomic E-state index is -1.05. The van der Waals surface area contributed by atoms with E-state index in [9.17, 15) is 14.4 Å². The summed E-state index contributed by atoms with van der Waals surface area (Å²) in [6, 6.07) is 6.96. The summed E-state index contributed by atoms with van der Waals surface area (Å²) in [5, 5.41) is 12.1. The summed E-state index contributed by atoms with van der Waals surface area (Å²) in [5.74, 6) is -1.99. The average Bonchev–Trinajstić information content (AvgIpc) is 2.87. The first-order valence-corrected chi connectivity index (χ1v) is 7.66. The number of halogens is 1. The minimum Gasteiger partial charge on any atom is -0.481 e. The molecule has 2 N–H and O–H groups in total. The minimum absolute atomic E-state index is 0.0119. The van der Waals surface area contributed by atoms with Gasteiger partial charge in [0.15, 0.2) is 0 Å². The van der Waals surface area contributed by atoms with Crippen LogP contribution in [0.4, 0.5) is 5.69 Å². The van der Waals surface area contributed by atoms with Crippen molar-refractivity contribution in [3.8, 4) is 0 Å². The molecule has 7 heteroatoms. The smallest absolute Gasteiger partial charge is 0.310 e. The molecule has 1 fully saturated rings. The van der Waals surface area contributed by atoms with Gasteiger partial charge in [0, 0.05) is 19.5 Å². The number of aliphatic carboxylic acids is 1. The number of nitrogens with one attached hydrogen (secondary N) is 1. The molecular weight excluding hydrogens is 320 g/mol. The highest BCUT2D eigenvalue weighted by molar-refractivity contribution is 6.33. The molecule has 0 spiro atoms. The Morgan fingerprint density at radius 1 is 1.39 bits per heavy atom. The molecule has 23 heavy (non-hydrogen) atoms. The van der Waals surface area contributed by atoms with Crippen molar-refractivity contribution in [2.45, 2.75) is 20.3 Å². The Bertz CT molecular complexity index is 645. The number of benzene rings is 1. The summed E-state index contributed by atoms with van der Waals surface area (Å²) in [5.41, 5.74) is -0.471. The van der Waals surface area contributed by atoms with Gasteiger partial charge in [0.2, 0.25) is 11.8 Å². The van der Waals surface area contributed by atoms with E-state index in [1.54, 1.807) is 24.3 Å². The summed E-state index contributed by atoms with van der Waals surface area (Å²) in [7, 11) is 0. The van der Waals surface area contributed by atoms with Crippen LogP contribution in [0.15, 0.2) is 24.3 Å². The summed E-state index contributed by atoms with van der Waals surface area (Å²) in [4.78, 5) is 36.9. The van der Waals surface area contributed by atoms with Gasteiger partial charge in [0.05, 0.1) is 22.0 Å². The Morgan fingerprint density at radius 2 is 2.04 bits per heavy atom. The lowest BCUT2D eigenvalue weighted by Crippen LogP contribution is -2.41. The summed E-state index contributed by atoms with van der Waals surface area (Å²) in [6.45, 7) is 3.32. The monoisotopic (exact) mass is 338 g/mol. The van der Waals surface area contributed by atoms with E-state index >= 15 is 0 Å². The van der Waals surface area contributed by atoms with Crippen molar-refractivity contribution in [2.75, 3.05) is 18.0 Å². The third-order valence-electron chi connectivity index (χ3n) is 3.92. The number of carboxylic acids is 1. The lowest BCUT2D eigenvalue weighted by molar-refractivity contribution is -0.147. The SMILES string of the molecule is CC(C)(CNC(=O)C1CC(=O)N(c2ccccc2Cl)C1)C(=O)O. The van der Waals surface area contributed by atoms with Gasteiger partial charge in [-0.05, 0) is 26.0 Å². The largest absolute Gasteiger partial charge is 0.481 e. The highest BCUT2D eigenvalue weighted by Gasteiger charge is 2.37. The van der Waals surface area contributed by atoms with Crippen LogP contribution in [-0.4, -0.2) is 36.0 Å². The van der Waals surface area contributed by atoms with Gasteiger partial charge >= 0.3 is 5.97 Å². The number of rotatable bonds is 5. The van der Waals surface area contributed by atoms with Gasteiger partial charge in [-0.1, -0.05) is 23.7 Å². The van der Waals surface area contributed by atoms with Gasteiger partial charge in [-0.3, -0.25) is 14.4 Å². The van der Waals surface area contributed by atoms with Crippen LogP contribution in [0.5, 0.6) is 0 Å². The second kappa shape index (κ2) is 6.58. The fourth-order valence-corrected chi connectivity index (χ4v) is 2.55. The first-order valence-electron chi connectivity index (χ1n) is 7.28. The second-order valence-electron chi connectivity index (χ2n) is 6.26. The second-order valence-corrected chi connectivity index (χ2v) is 6.67. The molecule has 0 aromatic heterocycles. The number of carboxylic acid groups (broad SMARTS) is 1. The average molecular weight is 339 g/mol. The third-order valence-corrected chi connectivity index (χ3v) is 4.24. The molecule has 0 bridgehead atoms. The number of nitrogens with zero attached hydrogens (tertiary/aromatic N) is 1. The van der Waals surface area contributed by atoms with Crippen molar-refractivity contribution in [1.82, 2.24) is 5.32 Å². The van der Waals surface area contributed by atoms with Gasteiger partial charge in [-0.25, -0.2) is 0 Å². The molecule has 124 valence electrons. The zero-order chi connectivity index (χ0) is 17.2. The predicted molar refractivity (Wildman–Crippen MR) is 86.3 cm³/mol. The molecule has 1 heterocycles. The number of carbonyl (C=O) groups excluding carboxylic acids is 2. The maximum absolute atomic E-state index is 12.2. The number of amides is 2. The maximum atomic E-state index is 12.2. The summed E-state index contributed by atoms with van der Waals surface area (Å²) < 4.78 is 0. The van der Waals surface area contributed by atoms with E-state index in [-0.39, 0.29) is 31.3 Å². The molecule has 1 aliphatic rings. The Labute approximate surface area is 139 Å². The van der Waals surface area contributed by atoms with E-state index in [0.717, 1.165) is 0 Å². The first kappa shape index (κ1) is 17.3. The lowest BCUT2D eigenvalue weighted by Gasteiger charge is -2.21. The zero-order valence-corrected chi connectivity index (χ0v) is 13.8. The highest BCUT2D eigenvalue weighted by Crippen LogP contribution is 2.31. The van der Waals surface area contributed by atoms with Crippen LogP contribution in [0, 0.1) is 11.3 Å². The highest BCUT2D eigenvalue weighted by atomic mass is 35.5. The zero-order valence-electron chi connectivity index (χ0n) is 13.0. The van der Waals surface area contributed by atoms with Crippen LogP contribution in [0.2, 0.25) is 5.02 Å². The Hall–Kier alpha value is -2.08. The fraction of sp³-hybridized carbons (Fsp3) is 0.438. The Balaban J connectivity index is 2.01. The van der Waals surface area contributed by atoms with E-state index in [2.05, 4.69) is 5.32 Å².